The standard InChI is InChI=1S/C13H16N4O3/c18-11(9-20-12-4-2-1-3-5-12)8-14-13(19)17-10-6-15-16-7-10/h1-7,11,18H,8-9H2,(H,15,16)(H2,14,17,19)/t11-/m1/s1. The molecule has 2 rings (SSSR count). The quantitative estimate of drug-likeness (QED) is 0.631. The average molecular weight is 276 g/mol. The lowest BCUT2D eigenvalue weighted by Gasteiger charge is -2.13. The molecule has 4 N–H and O–H groups in total. The summed E-state index contributed by atoms with van der Waals surface area (Å²) in [7, 11) is 0. The molecule has 1 aromatic heterocycles. The highest BCUT2D eigenvalue weighted by atomic mass is 16.5. The molecule has 7 heteroatoms. The second kappa shape index (κ2) is 7.15. The Labute approximate surface area is 116 Å². The Balaban J connectivity index is 1.64. The lowest BCUT2D eigenvalue weighted by Crippen LogP contribution is -2.37. The summed E-state index contributed by atoms with van der Waals surface area (Å²) < 4.78 is 5.37. The van der Waals surface area contributed by atoms with Crippen molar-refractivity contribution in [2.75, 3.05) is 18.5 Å². The van der Waals surface area contributed by atoms with E-state index in [1.165, 1.54) is 6.20 Å². The third kappa shape index (κ3) is 4.62. The molecule has 0 saturated heterocycles. The Kier molecular flexibility index (Phi) is 4.96. The lowest BCUT2D eigenvalue weighted by molar-refractivity contribution is 0.108. The zero-order valence-electron chi connectivity index (χ0n) is 10.7. The number of benzene rings is 1. The Morgan fingerprint density at radius 3 is 2.90 bits per heavy atom. The van der Waals surface area contributed by atoms with E-state index in [0.29, 0.717) is 11.4 Å². The molecule has 0 radical (unpaired) electrons. The number of H-pyrrole nitrogens is 1. The Bertz CT molecular complexity index is 516. The maximum Gasteiger partial charge on any atom is 0.319 e. The van der Waals surface area contributed by atoms with Crippen molar-refractivity contribution >= 4 is 11.7 Å². The van der Waals surface area contributed by atoms with Crippen LogP contribution in [0.5, 0.6) is 5.75 Å². The van der Waals surface area contributed by atoms with Gasteiger partial charge in [-0.3, -0.25) is 5.10 Å². The lowest BCUT2D eigenvalue weighted by atomic mass is 10.3. The van der Waals surface area contributed by atoms with Crippen molar-refractivity contribution in [1.29, 1.82) is 0 Å². The number of para-hydroxylation sites is 1. The maximum atomic E-state index is 11.5. The number of anilines is 1. The summed E-state index contributed by atoms with van der Waals surface area (Å²) in [5.41, 5.74) is 0.553. The van der Waals surface area contributed by atoms with Crippen molar-refractivity contribution in [3.8, 4) is 5.75 Å². The minimum atomic E-state index is -0.787. The molecule has 0 aliphatic heterocycles. The number of carbonyl (C=O) groups is 1. The van der Waals surface area contributed by atoms with Gasteiger partial charge in [-0.25, -0.2) is 4.79 Å². The molecule has 1 heterocycles. The van der Waals surface area contributed by atoms with Gasteiger partial charge >= 0.3 is 6.03 Å². The van der Waals surface area contributed by atoms with Crippen molar-refractivity contribution < 1.29 is 14.6 Å². The van der Waals surface area contributed by atoms with Gasteiger partial charge in [-0.1, -0.05) is 18.2 Å². The highest BCUT2D eigenvalue weighted by Gasteiger charge is 2.08. The van der Waals surface area contributed by atoms with Crippen LogP contribution in [0.4, 0.5) is 10.5 Å². The van der Waals surface area contributed by atoms with Crippen molar-refractivity contribution in [2.24, 2.45) is 0 Å². The highest BCUT2D eigenvalue weighted by Crippen LogP contribution is 2.08. The number of aromatic nitrogens is 2. The first-order chi connectivity index (χ1) is 9.74. The zero-order chi connectivity index (χ0) is 14.2. The van der Waals surface area contributed by atoms with E-state index in [4.69, 9.17) is 4.74 Å². The molecule has 7 nitrogen and oxygen atoms in total. The van der Waals surface area contributed by atoms with E-state index in [2.05, 4.69) is 20.8 Å². The number of aromatic amines is 1. The molecule has 106 valence electrons. The van der Waals surface area contributed by atoms with Crippen molar-refractivity contribution in [1.82, 2.24) is 15.5 Å². The van der Waals surface area contributed by atoms with E-state index in [-0.39, 0.29) is 13.2 Å². The Morgan fingerprint density at radius 1 is 1.40 bits per heavy atom. The third-order valence-electron chi connectivity index (χ3n) is 2.44. The van der Waals surface area contributed by atoms with E-state index in [1.54, 1.807) is 18.3 Å². The number of aliphatic hydroxyl groups excluding tert-OH is 1. The van der Waals surface area contributed by atoms with Crippen LogP contribution in [0, 0.1) is 0 Å². The number of hydrogen-bond acceptors (Lipinski definition) is 4. The summed E-state index contributed by atoms with van der Waals surface area (Å²) in [4.78, 5) is 11.5. The van der Waals surface area contributed by atoms with Crippen LogP contribution in [-0.4, -0.2) is 40.6 Å². The summed E-state index contributed by atoms with van der Waals surface area (Å²) in [5, 5.41) is 21.1. The molecule has 0 saturated carbocycles. The van der Waals surface area contributed by atoms with Crippen LogP contribution >= 0.6 is 0 Å². The number of aliphatic hydroxyl groups is 1. The molecule has 1 aromatic carbocycles. The molecular formula is C13H16N4O3. The molecular weight excluding hydrogens is 260 g/mol. The fourth-order valence-electron chi connectivity index (χ4n) is 1.47. The number of nitrogens with one attached hydrogen (secondary N) is 3. The van der Waals surface area contributed by atoms with E-state index in [9.17, 15) is 9.90 Å². The topological polar surface area (TPSA) is 99.3 Å². The van der Waals surface area contributed by atoms with Gasteiger partial charge in [-0.05, 0) is 12.1 Å². The monoisotopic (exact) mass is 276 g/mol. The molecule has 0 aliphatic rings. The number of amides is 2. The van der Waals surface area contributed by atoms with Gasteiger partial charge in [0.25, 0.3) is 0 Å². The van der Waals surface area contributed by atoms with Gasteiger partial charge in [0.05, 0.1) is 11.9 Å². The normalized spacial score (nSPS) is 11.7. The van der Waals surface area contributed by atoms with Gasteiger partial charge in [0.2, 0.25) is 0 Å². The minimum absolute atomic E-state index is 0.0938. The fraction of sp³-hybridized carbons (Fsp3) is 0.231. The Hall–Kier alpha value is -2.54. The predicted molar refractivity (Wildman–Crippen MR) is 73.6 cm³/mol. The van der Waals surface area contributed by atoms with E-state index < -0.39 is 12.1 Å². The molecule has 0 aliphatic carbocycles. The van der Waals surface area contributed by atoms with Gasteiger partial charge in [-0.15, -0.1) is 0 Å². The van der Waals surface area contributed by atoms with Crippen LogP contribution in [-0.2, 0) is 0 Å². The molecule has 2 amide bonds. The van der Waals surface area contributed by atoms with Gasteiger partial charge in [0.15, 0.2) is 0 Å². The first kappa shape index (κ1) is 13.9. The molecule has 1 atom stereocenters. The van der Waals surface area contributed by atoms with Crippen molar-refractivity contribution in [2.45, 2.75) is 6.10 Å². The minimum Gasteiger partial charge on any atom is -0.491 e. The molecule has 2 aromatic rings. The summed E-state index contributed by atoms with van der Waals surface area (Å²) in [6, 6.07) is 8.75. The van der Waals surface area contributed by atoms with Crippen LogP contribution in [0.25, 0.3) is 0 Å². The van der Waals surface area contributed by atoms with Crippen LogP contribution in [0.15, 0.2) is 42.7 Å². The number of urea groups is 1. The van der Waals surface area contributed by atoms with Crippen LogP contribution in [0.2, 0.25) is 0 Å². The average Bonchev–Trinajstić information content (AvgIpc) is 2.97. The van der Waals surface area contributed by atoms with Crippen LogP contribution < -0.4 is 15.4 Å². The molecule has 0 spiro atoms. The number of rotatable bonds is 6. The summed E-state index contributed by atoms with van der Waals surface area (Å²) >= 11 is 0. The number of nitrogens with zero attached hydrogens (tertiary/aromatic N) is 1. The molecule has 0 bridgehead atoms. The van der Waals surface area contributed by atoms with Gasteiger partial charge in [0.1, 0.15) is 18.5 Å². The number of ether oxygens (including phenoxy) is 1. The SMILES string of the molecule is O=C(NC[C@@H](O)COc1ccccc1)Nc1cn[nH]c1. The van der Waals surface area contributed by atoms with Crippen LogP contribution in [0.1, 0.15) is 0 Å². The third-order valence-corrected chi connectivity index (χ3v) is 2.44. The number of hydrogen-bond donors (Lipinski definition) is 4. The van der Waals surface area contributed by atoms with Crippen LogP contribution in [0.3, 0.4) is 0 Å². The zero-order valence-corrected chi connectivity index (χ0v) is 10.7. The molecule has 0 fully saturated rings. The highest BCUT2D eigenvalue weighted by molar-refractivity contribution is 5.88. The maximum absolute atomic E-state index is 11.5. The first-order valence-electron chi connectivity index (χ1n) is 6.13. The Morgan fingerprint density at radius 2 is 2.20 bits per heavy atom. The van der Waals surface area contributed by atoms with Crippen molar-refractivity contribution in [3.05, 3.63) is 42.7 Å². The smallest absolute Gasteiger partial charge is 0.319 e. The predicted octanol–water partition coefficient (Wildman–Crippen LogP) is 0.971. The summed E-state index contributed by atoms with van der Waals surface area (Å²) in [5.74, 6) is 0.675. The first-order valence-corrected chi connectivity index (χ1v) is 6.13. The fourth-order valence-corrected chi connectivity index (χ4v) is 1.47. The van der Waals surface area contributed by atoms with Crippen molar-refractivity contribution in [3.63, 3.8) is 0 Å². The van der Waals surface area contributed by atoms with E-state index in [1.807, 2.05) is 18.2 Å². The number of carbonyl (C=O) groups excluding carboxylic acids is 1. The molecule has 20 heavy (non-hydrogen) atoms. The summed E-state index contributed by atoms with van der Waals surface area (Å²) in [6.07, 6.45) is 2.24. The largest absolute Gasteiger partial charge is 0.491 e. The van der Waals surface area contributed by atoms with E-state index >= 15 is 0 Å². The summed E-state index contributed by atoms with van der Waals surface area (Å²) in [6.45, 7) is 0.201. The van der Waals surface area contributed by atoms with E-state index in [0.717, 1.165) is 0 Å². The van der Waals surface area contributed by atoms with Gasteiger partial charge in [-0.2, -0.15) is 5.10 Å². The van der Waals surface area contributed by atoms with Gasteiger partial charge in [0, 0.05) is 12.7 Å². The second-order valence-corrected chi connectivity index (χ2v) is 4.10. The van der Waals surface area contributed by atoms with Gasteiger partial charge < -0.3 is 20.5 Å². The molecule has 0 unspecified atom stereocenters. The second-order valence-electron chi connectivity index (χ2n) is 4.10.